The molecule has 0 aliphatic carbocycles. The van der Waals surface area contributed by atoms with E-state index in [1.165, 1.54) is 7.11 Å². The fourth-order valence-electron chi connectivity index (χ4n) is 1.53. The molecule has 0 spiro atoms. The number of ether oxygens (including phenoxy) is 2. The molecule has 1 unspecified atom stereocenters. The van der Waals surface area contributed by atoms with Crippen LogP contribution in [0.3, 0.4) is 0 Å². The van der Waals surface area contributed by atoms with Crippen molar-refractivity contribution in [1.82, 2.24) is 4.98 Å². The molecular weight excluding hydrogens is 218 g/mol. The topological polar surface area (TPSA) is 48.4 Å². The number of esters is 1. The second kappa shape index (κ2) is 4.82. The van der Waals surface area contributed by atoms with Gasteiger partial charge in [-0.1, -0.05) is 18.2 Å². The lowest BCUT2D eigenvalue weighted by Crippen LogP contribution is -2.24. The minimum Gasteiger partial charge on any atom is -0.477 e. The van der Waals surface area contributed by atoms with Gasteiger partial charge in [-0.2, -0.15) is 0 Å². The number of hydrogen-bond acceptors (Lipinski definition) is 4. The summed E-state index contributed by atoms with van der Waals surface area (Å²) in [5, 5.41) is 0.974. The highest BCUT2D eigenvalue weighted by Gasteiger charge is 2.14. The van der Waals surface area contributed by atoms with Crippen LogP contribution in [0.1, 0.15) is 6.92 Å². The highest BCUT2D eigenvalue weighted by molar-refractivity contribution is 5.79. The molecular formula is C13H13NO3. The number of carbonyl (C=O) groups is 1. The first-order valence-electron chi connectivity index (χ1n) is 5.30. The summed E-state index contributed by atoms with van der Waals surface area (Å²) in [5.41, 5.74) is 0.894. The summed E-state index contributed by atoms with van der Waals surface area (Å²) >= 11 is 0. The normalized spacial score (nSPS) is 12.1. The predicted octanol–water partition coefficient (Wildman–Crippen LogP) is 2.18. The summed E-state index contributed by atoms with van der Waals surface area (Å²) in [7, 11) is 1.33. The Balaban J connectivity index is 2.22. The van der Waals surface area contributed by atoms with E-state index in [0.29, 0.717) is 5.75 Å². The van der Waals surface area contributed by atoms with Crippen LogP contribution in [0.15, 0.2) is 36.5 Å². The van der Waals surface area contributed by atoms with Crippen LogP contribution < -0.4 is 4.74 Å². The van der Waals surface area contributed by atoms with Crippen molar-refractivity contribution in [2.45, 2.75) is 13.0 Å². The summed E-state index contributed by atoms with van der Waals surface area (Å²) in [6.07, 6.45) is 0.963. The van der Waals surface area contributed by atoms with E-state index in [0.717, 1.165) is 10.9 Å². The van der Waals surface area contributed by atoms with Crippen molar-refractivity contribution in [3.05, 3.63) is 36.5 Å². The molecule has 4 heteroatoms. The van der Waals surface area contributed by atoms with Gasteiger partial charge in [0.15, 0.2) is 6.10 Å². The third-order valence-corrected chi connectivity index (χ3v) is 2.41. The summed E-state index contributed by atoms with van der Waals surface area (Å²) in [4.78, 5) is 15.5. The van der Waals surface area contributed by atoms with Crippen LogP contribution in [0, 0.1) is 0 Å². The molecule has 0 N–H and O–H groups in total. The SMILES string of the molecule is COC(=O)C(C)Oc1cnc2ccccc2c1. The predicted molar refractivity (Wildman–Crippen MR) is 63.8 cm³/mol. The van der Waals surface area contributed by atoms with E-state index >= 15 is 0 Å². The summed E-state index contributed by atoms with van der Waals surface area (Å²) < 4.78 is 10.0. The fourth-order valence-corrected chi connectivity index (χ4v) is 1.53. The van der Waals surface area contributed by atoms with E-state index in [-0.39, 0.29) is 0 Å². The highest BCUT2D eigenvalue weighted by atomic mass is 16.6. The van der Waals surface area contributed by atoms with E-state index < -0.39 is 12.1 Å². The van der Waals surface area contributed by atoms with Gasteiger partial charge in [-0.15, -0.1) is 0 Å². The standard InChI is InChI=1S/C13H13NO3/c1-9(13(15)16-2)17-11-7-10-5-3-4-6-12(10)14-8-11/h3-9H,1-2H3. The lowest BCUT2D eigenvalue weighted by atomic mass is 10.2. The van der Waals surface area contributed by atoms with Crippen LogP contribution >= 0.6 is 0 Å². The first-order valence-corrected chi connectivity index (χ1v) is 5.30. The summed E-state index contributed by atoms with van der Waals surface area (Å²) in [6.45, 7) is 1.64. The molecule has 0 saturated carbocycles. The van der Waals surface area contributed by atoms with Crippen LogP contribution in [0.25, 0.3) is 10.9 Å². The van der Waals surface area contributed by atoms with Crippen molar-refractivity contribution in [2.75, 3.05) is 7.11 Å². The van der Waals surface area contributed by atoms with E-state index in [9.17, 15) is 4.79 Å². The molecule has 17 heavy (non-hydrogen) atoms. The number of rotatable bonds is 3. The van der Waals surface area contributed by atoms with Crippen LogP contribution in [0.4, 0.5) is 0 Å². The molecule has 1 aromatic carbocycles. The largest absolute Gasteiger partial charge is 0.477 e. The molecule has 2 rings (SSSR count). The van der Waals surface area contributed by atoms with Crippen LogP contribution in [-0.4, -0.2) is 24.2 Å². The van der Waals surface area contributed by atoms with E-state index in [2.05, 4.69) is 9.72 Å². The second-order valence-corrected chi connectivity index (χ2v) is 3.65. The maximum absolute atomic E-state index is 11.2. The van der Waals surface area contributed by atoms with Gasteiger partial charge in [-0.3, -0.25) is 4.98 Å². The van der Waals surface area contributed by atoms with Crippen molar-refractivity contribution in [1.29, 1.82) is 0 Å². The number of hydrogen-bond donors (Lipinski definition) is 0. The van der Waals surface area contributed by atoms with Gasteiger partial charge in [-0.05, 0) is 19.1 Å². The minimum atomic E-state index is -0.636. The Morgan fingerprint density at radius 3 is 2.88 bits per heavy atom. The zero-order valence-corrected chi connectivity index (χ0v) is 9.71. The molecule has 0 amide bonds. The van der Waals surface area contributed by atoms with Crippen LogP contribution in [0.2, 0.25) is 0 Å². The first-order chi connectivity index (χ1) is 8.20. The van der Waals surface area contributed by atoms with E-state index in [1.54, 1.807) is 13.1 Å². The average Bonchev–Trinajstić information content (AvgIpc) is 2.37. The van der Waals surface area contributed by atoms with Crippen molar-refractivity contribution >= 4 is 16.9 Å². The second-order valence-electron chi connectivity index (χ2n) is 3.65. The number of methoxy groups -OCH3 is 1. The van der Waals surface area contributed by atoms with Crippen LogP contribution in [0.5, 0.6) is 5.75 Å². The van der Waals surface area contributed by atoms with Gasteiger partial charge < -0.3 is 9.47 Å². The summed E-state index contributed by atoms with van der Waals surface area (Å²) in [6, 6.07) is 9.56. The Morgan fingerprint density at radius 1 is 1.35 bits per heavy atom. The third-order valence-electron chi connectivity index (χ3n) is 2.41. The Kier molecular flexibility index (Phi) is 3.23. The molecule has 1 heterocycles. The highest BCUT2D eigenvalue weighted by Crippen LogP contribution is 2.18. The van der Waals surface area contributed by atoms with Gasteiger partial charge in [0.05, 0.1) is 18.8 Å². The smallest absolute Gasteiger partial charge is 0.346 e. The maximum Gasteiger partial charge on any atom is 0.346 e. The lowest BCUT2D eigenvalue weighted by Gasteiger charge is -2.12. The minimum absolute atomic E-state index is 0.404. The monoisotopic (exact) mass is 231 g/mol. The molecule has 0 radical (unpaired) electrons. The Bertz CT molecular complexity index is 539. The number of nitrogens with zero attached hydrogens (tertiary/aromatic N) is 1. The van der Waals surface area contributed by atoms with Gasteiger partial charge >= 0.3 is 5.97 Å². The molecule has 88 valence electrons. The molecule has 0 fully saturated rings. The number of para-hydroxylation sites is 1. The molecule has 0 aliphatic heterocycles. The number of carbonyl (C=O) groups excluding carboxylic acids is 1. The quantitative estimate of drug-likeness (QED) is 0.759. The van der Waals surface area contributed by atoms with Crippen LogP contribution in [-0.2, 0) is 9.53 Å². The van der Waals surface area contributed by atoms with E-state index in [1.807, 2.05) is 30.3 Å². The third kappa shape index (κ3) is 2.53. The molecule has 0 bridgehead atoms. The summed E-state index contributed by atoms with van der Waals surface area (Å²) in [5.74, 6) is 0.153. The molecule has 0 saturated heterocycles. The molecule has 0 aliphatic rings. The number of pyridine rings is 1. The maximum atomic E-state index is 11.2. The number of aromatic nitrogens is 1. The van der Waals surface area contributed by atoms with Gasteiger partial charge in [0.1, 0.15) is 5.75 Å². The van der Waals surface area contributed by atoms with Crippen molar-refractivity contribution < 1.29 is 14.3 Å². The molecule has 1 aromatic heterocycles. The Morgan fingerprint density at radius 2 is 2.12 bits per heavy atom. The average molecular weight is 231 g/mol. The molecule has 1 atom stereocenters. The van der Waals surface area contributed by atoms with Gasteiger partial charge in [0.25, 0.3) is 0 Å². The Labute approximate surface area is 99.2 Å². The first kappa shape index (κ1) is 11.4. The van der Waals surface area contributed by atoms with Crippen molar-refractivity contribution in [2.24, 2.45) is 0 Å². The van der Waals surface area contributed by atoms with Crippen molar-refractivity contribution in [3.8, 4) is 5.75 Å². The zero-order valence-electron chi connectivity index (χ0n) is 9.71. The van der Waals surface area contributed by atoms with Gasteiger partial charge in [0, 0.05) is 5.39 Å². The fraction of sp³-hybridized carbons (Fsp3) is 0.231. The lowest BCUT2D eigenvalue weighted by molar-refractivity contribution is -0.147. The molecule has 2 aromatic rings. The zero-order chi connectivity index (χ0) is 12.3. The Hall–Kier alpha value is -2.10. The number of fused-ring (bicyclic) bond motifs is 1. The molecule has 4 nitrogen and oxygen atoms in total. The van der Waals surface area contributed by atoms with Gasteiger partial charge in [-0.25, -0.2) is 4.79 Å². The van der Waals surface area contributed by atoms with E-state index in [4.69, 9.17) is 4.74 Å². The van der Waals surface area contributed by atoms with Crippen molar-refractivity contribution in [3.63, 3.8) is 0 Å². The number of benzene rings is 1. The van der Waals surface area contributed by atoms with Gasteiger partial charge in [0.2, 0.25) is 0 Å².